The van der Waals surface area contributed by atoms with Crippen LogP contribution in [0.5, 0.6) is 0 Å². The molecule has 0 saturated heterocycles. The summed E-state index contributed by atoms with van der Waals surface area (Å²) in [5.74, 6) is 0. The van der Waals surface area contributed by atoms with Gasteiger partial charge in [0.05, 0.1) is 0 Å². The van der Waals surface area contributed by atoms with Crippen LogP contribution in [-0.2, 0) is 13.7 Å². The number of hydrogen-bond acceptors (Lipinski definition) is 3. The van der Waals surface area contributed by atoms with Gasteiger partial charge >= 0.3 is 21.1 Å². The molecule has 1 heterocycles. The molecule has 0 saturated carbocycles. The number of benzene rings is 2. The van der Waals surface area contributed by atoms with E-state index in [1.165, 1.54) is 36.4 Å². The Morgan fingerprint density at radius 1 is 0.760 bits per heavy atom. The predicted octanol–water partition coefficient (Wildman–Crippen LogP) is 5.19. The molecule has 2 aromatic carbocycles. The van der Waals surface area contributed by atoms with E-state index in [0.717, 1.165) is 12.1 Å². The number of hydrogen-bond donors (Lipinski definition) is 0. The summed E-state index contributed by atoms with van der Waals surface area (Å²) in [6.45, 7) is 0. The first-order valence-electron chi connectivity index (χ1n) is 6.52. The molecule has 136 valence electrons. The molecular weight excluding hydrogens is 394 g/mol. The van der Waals surface area contributed by atoms with Crippen LogP contribution in [0.3, 0.4) is 0 Å². The summed E-state index contributed by atoms with van der Waals surface area (Å²) >= 11 is 0. The maximum absolute atomic E-state index is 14.0. The monoisotopic (exact) mass is 402 g/mol. The molecule has 2 aromatic rings. The molecule has 1 aliphatic rings. The van der Waals surface area contributed by atoms with Crippen molar-refractivity contribution in [1.29, 1.82) is 0 Å². The van der Waals surface area contributed by atoms with E-state index in [1.54, 1.807) is 0 Å². The second kappa shape index (κ2) is 5.39. The van der Waals surface area contributed by atoms with Crippen LogP contribution in [0.2, 0.25) is 0 Å². The highest BCUT2D eigenvalue weighted by Crippen LogP contribution is 2.80. The average molecular weight is 402 g/mol. The average Bonchev–Trinajstić information content (AvgIpc) is 2.78. The smallest absolute Gasteiger partial charge is 0.196 e. The molecule has 0 bridgehead atoms. The Bertz CT molecular complexity index is 889. The van der Waals surface area contributed by atoms with Crippen molar-refractivity contribution in [3.8, 4) is 11.1 Å². The lowest BCUT2D eigenvalue weighted by Gasteiger charge is -2.37. The van der Waals surface area contributed by atoms with E-state index in [9.17, 15) is 34.8 Å². The van der Waals surface area contributed by atoms with E-state index in [4.69, 9.17) is 0 Å². The number of rotatable bonds is 2. The second-order valence-electron chi connectivity index (χ2n) is 4.96. The maximum Gasteiger partial charge on any atom is 0.523 e. The summed E-state index contributed by atoms with van der Waals surface area (Å²) in [6.07, 6.45) is 0. The topological polar surface area (TPSA) is 43.4 Å². The fraction of sp³-hybridized carbons (Fsp3) is 0.143. The van der Waals surface area contributed by atoms with E-state index in [-0.39, 0.29) is 11.1 Å². The molecule has 0 fully saturated rings. The van der Waals surface area contributed by atoms with Crippen LogP contribution >= 0.6 is 10.3 Å². The Morgan fingerprint density at radius 3 is 1.52 bits per heavy atom. The minimum absolute atomic E-state index is 0.0113. The minimum atomic E-state index is -6.49. The third kappa shape index (κ3) is 2.52. The Balaban J connectivity index is 2.38. The SMILES string of the molecule is O=S(=O)(OS1(C(F)(F)F)c2ccccc2-c2ccccc21)C(F)(F)F. The van der Waals surface area contributed by atoms with Crippen LogP contribution in [0.25, 0.3) is 11.1 Å². The number of alkyl halides is 6. The number of halogens is 6. The van der Waals surface area contributed by atoms with Gasteiger partial charge in [0, 0.05) is 20.1 Å². The lowest BCUT2D eigenvalue weighted by atomic mass is 10.1. The maximum atomic E-state index is 14.0. The van der Waals surface area contributed by atoms with Crippen molar-refractivity contribution in [2.45, 2.75) is 20.8 Å². The van der Waals surface area contributed by atoms with Gasteiger partial charge in [0.1, 0.15) is 0 Å². The van der Waals surface area contributed by atoms with E-state index in [0.29, 0.717) is 0 Å². The van der Waals surface area contributed by atoms with Crippen molar-refractivity contribution >= 4 is 20.4 Å². The minimum Gasteiger partial charge on any atom is -0.196 e. The van der Waals surface area contributed by atoms with E-state index < -0.39 is 41.2 Å². The third-order valence-corrected chi connectivity index (χ3v) is 8.19. The van der Waals surface area contributed by atoms with Gasteiger partial charge < -0.3 is 0 Å². The van der Waals surface area contributed by atoms with Crippen LogP contribution < -0.4 is 0 Å². The summed E-state index contributed by atoms with van der Waals surface area (Å²) in [7, 11) is -11.4. The van der Waals surface area contributed by atoms with Gasteiger partial charge in [0.2, 0.25) is 0 Å². The van der Waals surface area contributed by atoms with Crippen LogP contribution in [0.4, 0.5) is 26.3 Å². The van der Waals surface area contributed by atoms with Gasteiger partial charge in [0.15, 0.2) is 0 Å². The van der Waals surface area contributed by atoms with Gasteiger partial charge in [0.25, 0.3) is 0 Å². The molecule has 3 rings (SSSR count). The fourth-order valence-electron chi connectivity index (χ4n) is 2.53. The van der Waals surface area contributed by atoms with Crippen molar-refractivity contribution in [3.05, 3.63) is 48.5 Å². The second-order valence-corrected chi connectivity index (χ2v) is 9.33. The highest BCUT2D eigenvalue weighted by Gasteiger charge is 2.64. The molecule has 0 radical (unpaired) electrons. The summed E-state index contributed by atoms with van der Waals surface area (Å²) in [4.78, 5) is -1.26. The van der Waals surface area contributed by atoms with Gasteiger partial charge in [-0.05, 0) is 23.3 Å². The van der Waals surface area contributed by atoms with Gasteiger partial charge in [-0.3, -0.25) is 0 Å². The highest BCUT2D eigenvalue weighted by atomic mass is 32.3. The van der Waals surface area contributed by atoms with Crippen molar-refractivity contribution < 1.29 is 38.4 Å². The Morgan fingerprint density at radius 2 is 1.16 bits per heavy atom. The molecular formula is C14H8F6O3S2. The Labute approximate surface area is 139 Å². The van der Waals surface area contributed by atoms with Gasteiger partial charge in [-0.1, -0.05) is 36.4 Å². The lowest BCUT2D eigenvalue weighted by molar-refractivity contribution is -0.0550. The molecule has 0 aliphatic carbocycles. The molecule has 0 atom stereocenters. The Kier molecular flexibility index (Phi) is 3.90. The van der Waals surface area contributed by atoms with Crippen molar-refractivity contribution in [2.75, 3.05) is 0 Å². The lowest BCUT2D eigenvalue weighted by Crippen LogP contribution is -2.31. The summed E-state index contributed by atoms with van der Waals surface area (Å²) in [6, 6.07) is 9.59. The predicted molar refractivity (Wildman–Crippen MR) is 78.1 cm³/mol. The van der Waals surface area contributed by atoms with Gasteiger partial charge in [-0.25, -0.2) is 0 Å². The zero-order chi connectivity index (χ0) is 18.7. The van der Waals surface area contributed by atoms with Crippen LogP contribution in [0, 0.1) is 0 Å². The quantitative estimate of drug-likeness (QED) is 0.513. The molecule has 11 heteroatoms. The summed E-state index contributed by atoms with van der Waals surface area (Å²) in [5.41, 5.74) is -11.4. The molecule has 0 spiro atoms. The molecule has 1 aliphatic heterocycles. The van der Waals surface area contributed by atoms with E-state index >= 15 is 0 Å². The summed E-state index contributed by atoms with van der Waals surface area (Å²) < 4.78 is 107. The molecule has 0 amide bonds. The molecule has 0 N–H and O–H groups in total. The van der Waals surface area contributed by atoms with Crippen LogP contribution in [0.15, 0.2) is 58.3 Å². The van der Waals surface area contributed by atoms with Crippen molar-refractivity contribution in [2.24, 2.45) is 0 Å². The molecule has 25 heavy (non-hydrogen) atoms. The molecule has 0 unspecified atom stereocenters. The standard InChI is InChI=1S/C14H8F6O3S2/c15-13(16,17)24(23-25(21,22)14(18,19)20)11-7-3-1-5-9(11)10-6-2-4-8-12(10)24/h1-8H. The Hall–Kier alpha value is -1.72. The highest BCUT2D eigenvalue weighted by molar-refractivity contribution is 8.34. The largest absolute Gasteiger partial charge is 0.523 e. The fourth-order valence-corrected chi connectivity index (χ4v) is 7.06. The van der Waals surface area contributed by atoms with Crippen molar-refractivity contribution in [1.82, 2.24) is 0 Å². The van der Waals surface area contributed by atoms with Crippen LogP contribution in [-0.4, -0.2) is 19.4 Å². The first-order valence-corrected chi connectivity index (χ1v) is 9.49. The first kappa shape index (κ1) is 18.1. The summed E-state index contributed by atoms with van der Waals surface area (Å²) in [5, 5.41) is 0. The molecule has 3 nitrogen and oxygen atoms in total. The normalized spacial score (nSPS) is 17.7. The third-order valence-electron chi connectivity index (χ3n) is 3.48. The van der Waals surface area contributed by atoms with E-state index in [1.807, 2.05) is 0 Å². The molecule has 0 aromatic heterocycles. The zero-order valence-electron chi connectivity index (χ0n) is 11.9. The van der Waals surface area contributed by atoms with Gasteiger partial charge in [-0.2, -0.15) is 38.4 Å². The zero-order valence-corrected chi connectivity index (χ0v) is 13.6. The van der Waals surface area contributed by atoms with Gasteiger partial charge in [-0.15, -0.1) is 0 Å². The van der Waals surface area contributed by atoms with E-state index in [2.05, 4.69) is 3.63 Å². The van der Waals surface area contributed by atoms with Crippen molar-refractivity contribution in [3.63, 3.8) is 0 Å². The number of fused-ring (bicyclic) bond motifs is 3. The van der Waals surface area contributed by atoms with Crippen LogP contribution in [0.1, 0.15) is 0 Å². The first-order chi connectivity index (χ1) is 11.4.